The second kappa shape index (κ2) is 5.75. The number of rotatable bonds is 3. The van der Waals surface area contributed by atoms with Crippen LogP contribution in [-0.2, 0) is 4.79 Å². The summed E-state index contributed by atoms with van der Waals surface area (Å²) in [6, 6.07) is 4.98. The van der Waals surface area contributed by atoms with Gasteiger partial charge in [-0.3, -0.25) is 9.69 Å². The number of carbonyl (C=O) groups is 1. The van der Waals surface area contributed by atoms with Crippen molar-refractivity contribution in [2.75, 3.05) is 19.6 Å². The number of nitrogens with two attached hydrogens (primary N) is 1. The van der Waals surface area contributed by atoms with E-state index in [0.29, 0.717) is 18.4 Å². The molecule has 0 saturated carbocycles. The van der Waals surface area contributed by atoms with Gasteiger partial charge in [-0.05, 0) is 41.4 Å². The summed E-state index contributed by atoms with van der Waals surface area (Å²) >= 11 is 5.29. The molecule has 1 aromatic rings. The van der Waals surface area contributed by atoms with Gasteiger partial charge < -0.3 is 10.6 Å². The summed E-state index contributed by atoms with van der Waals surface area (Å²) < 4.78 is 1.15. The molecule has 20 heavy (non-hydrogen) atoms. The first-order valence-electron chi connectivity index (χ1n) is 7.10. The fourth-order valence-electron chi connectivity index (χ4n) is 3.40. The van der Waals surface area contributed by atoms with Gasteiger partial charge in [0, 0.05) is 43.0 Å². The molecule has 0 aliphatic carbocycles. The van der Waals surface area contributed by atoms with Crippen molar-refractivity contribution < 1.29 is 4.79 Å². The Balaban J connectivity index is 1.78. The number of thiophene rings is 1. The van der Waals surface area contributed by atoms with E-state index in [-0.39, 0.29) is 12.1 Å². The Kier molecular flexibility index (Phi) is 4.17. The van der Waals surface area contributed by atoms with E-state index in [0.717, 1.165) is 29.8 Å². The van der Waals surface area contributed by atoms with E-state index in [1.54, 1.807) is 11.3 Å². The standard InChI is InChI=1S/C14H20BrN3OS/c1-9(16)14(11-3-4-12(15)20-11)17-6-7-18-10(8-17)2-5-13(18)19/h3-4,9-10,14H,2,5-8,16H2,1H3. The molecule has 4 nitrogen and oxygen atoms in total. The zero-order chi connectivity index (χ0) is 14.3. The first kappa shape index (κ1) is 14.5. The van der Waals surface area contributed by atoms with Gasteiger partial charge in [0.1, 0.15) is 0 Å². The van der Waals surface area contributed by atoms with Crippen molar-refractivity contribution in [3.05, 3.63) is 20.8 Å². The van der Waals surface area contributed by atoms with Gasteiger partial charge in [0.25, 0.3) is 0 Å². The lowest BCUT2D eigenvalue weighted by atomic mass is 10.0. The highest BCUT2D eigenvalue weighted by molar-refractivity contribution is 9.11. The third-order valence-corrected chi connectivity index (χ3v) is 6.00. The summed E-state index contributed by atoms with van der Waals surface area (Å²) in [6.45, 7) is 4.79. The van der Waals surface area contributed by atoms with Crippen LogP contribution >= 0.6 is 27.3 Å². The fraction of sp³-hybridized carbons (Fsp3) is 0.643. The van der Waals surface area contributed by atoms with Crippen molar-refractivity contribution in [1.29, 1.82) is 0 Å². The van der Waals surface area contributed by atoms with Gasteiger partial charge in [0.15, 0.2) is 0 Å². The number of piperazine rings is 1. The average Bonchev–Trinajstić information content (AvgIpc) is 2.97. The minimum absolute atomic E-state index is 0.0872. The van der Waals surface area contributed by atoms with Gasteiger partial charge in [-0.25, -0.2) is 0 Å². The van der Waals surface area contributed by atoms with Gasteiger partial charge >= 0.3 is 0 Å². The first-order valence-corrected chi connectivity index (χ1v) is 8.71. The Hall–Kier alpha value is -0.430. The molecule has 6 heteroatoms. The van der Waals surface area contributed by atoms with Crippen LogP contribution in [0.2, 0.25) is 0 Å². The van der Waals surface area contributed by atoms with E-state index in [1.165, 1.54) is 4.88 Å². The quantitative estimate of drug-likeness (QED) is 0.901. The predicted molar refractivity (Wildman–Crippen MR) is 84.7 cm³/mol. The summed E-state index contributed by atoms with van der Waals surface area (Å²) in [6.07, 6.45) is 1.71. The predicted octanol–water partition coefficient (Wildman–Crippen LogP) is 2.21. The molecule has 1 aromatic heterocycles. The topological polar surface area (TPSA) is 49.6 Å². The molecule has 2 fully saturated rings. The molecule has 2 aliphatic rings. The second-order valence-electron chi connectivity index (χ2n) is 5.72. The minimum Gasteiger partial charge on any atom is -0.337 e. The van der Waals surface area contributed by atoms with Crippen molar-refractivity contribution >= 4 is 33.2 Å². The van der Waals surface area contributed by atoms with Crippen molar-refractivity contribution in [2.24, 2.45) is 5.73 Å². The number of hydrogen-bond acceptors (Lipinski definition) is 4. The van der Waals surface area contributed by atoms with E-state index < -0.39 is 0 Å². The van der Waals surface area contributed by atoms with Crippen LogP contribution in [0.3, 0.4) is 0 Å². The maximum atomic E-state index is 11.8. The molecule has 1 amide bonds. The fourth-order valence-corrected chi connectivity index (χ4v) is 5.07. The van der Waals surface area contributed by atoms with E-state index >= 15 is 0 Å². The SMILES string of the molecule is CC(N)C(c1ccc(Br)s1)N1CCN2C(=O)CCC2C1. The molecule has 2 aliphatic heterocycles. The number of halogens is 1. The number of amides is 1. The molecule has 0 radical (unpaired) electrons. The molecule has 0 aromatic carbocycles. The number of nitrogens with zero attached hydrogens (tertiary/aromatic N) is 2. The molecule has 110 valence electrons. The van der Waals surface area contributed by atoms with Crippen LogP contribution in [0.5, 0.6) is 0 Å². The summed E-state index contributed by atoms with van der Waals surface area (Å²) in [4.78, 5) is 17.6. The van der Waals surface area contributed by atoms with Crippen LogP contribution in [-0.4, -0.2) is 47.4 Å². The number of hydrogen-bond donors (Lipinski definition) is 1. The number of fused-ring (bicyclic) bond motifs is 1. The van der Waals surface area contributed by atoms with Crippen LogP contribution in [0, 0.1) is 0 Å². The highest BCUT2D eigenvalue weighted by Gasteiger charge is 2.38. The molecule has 3 atom stereocenters. The smallest absolute Gasteiger partial charge is 0.222 e. The maximum Gasteiger partial charge on any atom is 0.222 e. The Morgan fingerprint density at radius 2 is 2.25 bits per heavy atom. The van der Waals surface area contributed by atoms with E-state index in [2.05, 4.69) is 44.8 Å². The van der Waals surface area contributed by atoms with E-state index in [9.17, 15) is 4.79 Å². The van der Waals surface area contributed by atoms with Gasteiger partial charge in [0.2, 0.25) is 5.91 Å². The van der Waals surface area contributed by atoms with Crippen LogP contribution in [0.25, 0.3) is 0 Å². The monoisotopic (exact) mass is 357 g/mol. The Morgan fingerprint density at radius 1 is 1.45 bits per heavy atom. The van der Waals surface area contributed by atoms with Gasteiger partial charge in [0.05, 0.1) is 9.83 Å². The highest BCUT2D eigenvalue weighted by atomic mass is 79.9. The van der Waals surface area contributed by atoms with Gasteiger partial charge in [-0.1, -0.05) is 0 Å². The summed E-state index contributed by atoms with van der Waals surface area (Å²) in [5.41, 5.74) is 6.24. The molecule has 3 rings (SSSR count). The zero-order valence-corrected chi connectivity index (χ0v) is 14.0. The lowest BCUT2D eigenvalue weighted by Crippen LogP contribution is -2.54. The largest absolute Gasteiger partial charge is 0.337 e. The van der Waals surface area contributed by atoms with E-state index in [1.807, 2.05) is 0 Å². The van der Waals surface area contributed by atoms with Crippen molar-refractivity contribution in [1.82, 2.24) is 9.80 Å². The third-order valence-electron chi connectivity index (χ3n) is 4.30. The zero-order valence-electron chi connectivity index (χ0n) is 11.6. The summed E-state index contributed by atoms with van der Waals surface area (Å²) in [5.74, 6) is 0.325. The minimum atomic E-state index is 0.0872. The lowest BCUT2D eigenvalue weighted by molar-refractivity contribution is -0.131. The van der Waals surface area contributed by atoms with Crippen molar-refractivity contribution in [2.45, 2.75) is 37.9 Å². The average molecular weight is 358 g/mol. The van der Waals surface area contributed by atoms with Crippen LogP contribution in [0.15, 0.2) is 15.9 Å². The Morgan fingerprint density at radius 3 is 2.90 bits per heavy atom. The second-order valence-corrected chi connectivity index (χ2v) is 8.21. The summed E-state index contributed by atoms with van der Waals surface area (Å²) in [7, 11) is 0. The summed E-state index contributed by atoms with van der Waals surface area (Å²) in [5, 5.41) is 0. The molecule has 2 saturated heterocycles. The lowest BCUT2D eigenvalue weighted by Gasteiger charge is -2.42. The molecule has 3 unspecified atom stereocenters. The molecule has 3 heterocycles. The normalized spacial score (nSPS) is 26.6. The van der Waals surface area contributed by atoms with Crippen molar-refractivity contribution in [3.63, 3.8) is 0 Å². The first-order chi connectivity index (χ1) is 9.56. The Bertz CT molecular complexity index is 504. The molecular weight excluding hydrogens is 338 g/mol. The van der Waals surface area contributed by atoms with E-state index in [4.69, 9.17) is 5.73 Å². The molecular formula is C14H20BrN3OS. The van der Waals surface area contributed by atoms with Crippen LogP contribution < -0.4 is 5.73 Å². The maximum absolute atomic E-state index is 11.8. The molecule has 2 N–H and O–H groups in total. The molecule has 0 spiro atoms. The number of carbonyl (C=O) groups excluding carboxylic acids is 1. The third kappa shape index (κ3) is 2.66. The highest BCUT2D eigenvalue weighted by Crippen LogP contribution is 2.35. The molecule has 0 bridgehead atoms. The Labute approximate surface area is 132 Å². The van der Waals surface area contributed by atoms with Crippen molar-refractivity contribution in [3.8, 4) is 0 Å². The van der Waals surface area contributed by atoms with Crippen LogP contribution in [0.4, 0.5) is 0 Å². The van der Waals surface area contributed by atoms with Gasteiger partial charge in [-0.15, -0.1) is 11.3 Å². The van der Waals surface area contributed by atoms with Gasteiger partial charge in [-0.2, -0.15) is 0 Å². The van der Waals surface area contributed by atoms with Crippen LogP contribution in [0.1, 0.15) is 30.7 Å².